The SMILES string of the molecule is COc1ccc2c(c1)C(CC(=O)NCc1ccccc1)=C(C)/C2=C/c1cc(OC)c(OC)c(OC)c1. The standard InChI is InChI=1S/C30H31NO5/c1-19-24(13-21-14-27(34-3)30(36-5)28(15-21)35-4)23-12-11-22(33-2)16-26(23)25(19)17-29(32)31-18-20-9-7-6-8-10-20/h6-16H,17-18H2,1-5H3,(H,31,32)/b24-13-. The average molecular weight is 486 g/mol. The van der Waals surface area contributed by atoms with Crippen LogP contribution in [0.1, 0.15) is 35.6 Å². The van der Waals surface area contributed by atoms with Crippen molar-refractivity contribution in [1.29, 1.82) is 0 Å². The van der Waals surface area contributed by atoms with E-state index in [1.54, 1.807) is 28.4 Å². The molecule has 0 bridgehead atoms. The molecule has 0 fully saturated rings. The van der Waals surface area contributed by atoms with Crippen LogP contribution < -0.4 is 24.3 Å². The predicted molar refractivity (Wildman–Crippen MR) is 142 cm³/mol. The Morgan fingerprint density at radius 1 is 0.833 bits per heavy atom. The third kappa shape index (κ3) is 5.08. The van der Waals surface area contributed by atoms with Gasteiger partial charge in [0.1, 0.15) is 5.75 Å². The fraction of sp³-hybridized carbons (Fsp3) is 0.233. The molecule has 1 N–H and O–H groups in total. The molecule has 0 radical (unpaired) electrons. The average Bonchev–Trinajstić information content (AvgIpc) is 3.16. The van der Waals surface area contributed by atoms with Gasteiger partial charge in [0.15, 0.2) is 11.5 Å². The summed E-state index contributed by atoms with van der Waals surface area (Å²) in [5, 5.41) is 3.04. The van der Waals surface area contributed by atoms with Crippen molar-refractivity contribution in [1.82, 2.24) is 5.32 Å². The smallest absolute Gasteiger partial charge is 0.224 e. The van der Waals surface area contributed by atoms with E-state index in [0.717, 1.165) is 44.7 Å². The van der Waals surface area contributed by atoms with Crippen LogP contribution in [0, 0.1) is 0 Å². The Morgan fingerprint density at radius 3 is 2.14 bits per heavy atom. The molecule has 36 heavy (non-hydrogen) atoms. The van der Waals surface area contributed by atoms with E-state index in [0.29, 0.717) is 23.8 Å². The molecule has 0 unspecified atom stereocenters. The summed E-state index contributed by atoms with van der Waals surface area (Å²) in [5.74, 6) is 2.42. The van der Waals surface area contributed by atoms with Gasteiger partial charge in [-0.15, -0.1) is 0 Å². The summed E-state index contributed by atoms with van der Waals surface area (Å²) in [6.45, 7) is 2.54. The highest BCUT2D eigenvalue weighted by molar-refractivity contribution is 6.08. The van der Waals surface area contributed by atoms with Gasteiger partial charge in [0, 0.05) is 6.54 Å². The van der Waals surface area contributed by atoms with Crippen LogP contribution in [0.5, 0.6) is 23.0 Å². The fourth-order valence-electron chi connectivity index (χ4n) is 4.49. The number of hydrogen-bond donors (Lipinski definition) is 1. The van der Waals surface area contributed by atoms with Crippen molar-refractivity contribution in [2.45, 2.75) is 19.9 Å². The van der Waals surface area contributed by atoms with Gasteiger partial charge in [-0.1, -0.05) is 36.4 Å². The largest absolute Gasteiger partial charge is 0.497 e. The first-order valence-corrected chi connectivity index (χ1v) is 11.7. The van der Waals surface area contributed by atoms with Gasteiger partial charge in [0.05, 0.1) is 34.9 Å². The zero-order valence-corrected chi connectivity index (χ0v) is 21.3. The van der Waals surface area contributed by atoms with Crippen molar-refractivity contribution >= 4 is 23.1 Å². The quantitative estimate of drug-likeness (QED) is 0.418. The van der Waals surface area contributed by atoms with Crippen LogP contribution in [0.3, 0.4) is 0 Å². The van der Waals surface area contributed by atoms with Crippen LogP contribution in [0.2, 0.25) is 0 Å². The zero-order chi connectivity index (χ0) is 25.7. The topological polar surface area (TPSA) is 66.0 Å². The van der Waals surface area contributed by atoms with E-state index >= 15 is 0 Å². The summed E-state index contributed by atoms with van der Waals surface area (Å²) < 4.78 is 22.0. The maximum absolute atomic E-state index is 12.9. The molecule has 3 aromatic rings. The first-order valence-electron chi connectivity index (χ1n) is 11.7. The molecule has 1 aliphatic carbocycles. The molecule has 6 nitrogen and oxygen atoms in total. The van der Waals surface area contributed by atoms with Gasteiger partial charge in [-0.05, 0) is 76.2 Å². The maximum Gasteiger partial charge on any atom is 0.224 e. The van der Waals surface area contributed by atoms with Gasteiger partial charge in [-0.25, -0.2) is 0 Å². The number of allylic oxidation sites excluding steroid dienone is 2. The Labute approximate surface area is 212 Å². The number of carbonyl (C=O) groups excluding carboxylic acids is 1. The molecule has 4 rings (SSSR count). The van der Waals surface area contributed by atoms with Crippen molar-refractivity contribution in [3.63, 3.8) is 0 Å². The first-order chi connectivity index (χ1) is 17.5. The zero-order valence-electron chi connectivity index (χ0n) is 21.3. The molecule has 3 aromatic carbocycles. The number of hydrogen-bond acceptors (Lipinski definition) is 5. The highest BCUT2D eigenvalue weighted by atomic mass is 16.5. The van der Waals surface area contributed by atoms with Crippen LogP contribution in [0.4, 0.5) is 0 Å². The summed E-state index contributed by atoms with van der Waals surface area (Å²) in [6.07, 6.45) is 2.35. The van der Waals surface area contributed by atoms with Gasteiger partial charge in [-0.2, -0.15) is 0 Å². The summed E-state index contributed by atoms with van der Waals surface area (Å²) in [6, 6.07) is 19.7. The number of rotatable bonds is 9. The molecule has 0 aromatic heterocycles. The molecule has 0 saturated carbocycles. The van der Waals surface area contributed by atoms with E-state index in [4.69, 9.17) is 18.9 Å². The summed E-state index contributed by atoms with van der Waals surface area (Å²) >= 11 is 0. The summed E-state index contributed by atoms with van der Waals surface area (Å²) in [4.78, 5) is 12.9. The molecular weight excluding hydrogens is 454 g/mol. The molecule has 0 heterocycles. The van der Waals surface area contributed by atoms with Gasteiger partial charge in [0.2, 0.25) is 11.7 Å². The third-order valence-electron chi connectivity index (χ3n) is 6.37. The van der Waals surface area contributed by atoms with Crippen molar-refractivity contribution in [3.05, 3.63) is 88.5 Å². The third-order valence-corrected chi connectivity index (χ3v) is 6.37. The highest BCUT2D eigenvalue weighted by Gasteiger charge is 2.26. The molecule has 0 atom stereocenters. The van der Waals surface area contributed by atoms with Crippen molar-refractivity contribution in [3.8, 4) is 23.0 Å². The van der Waals surface area contributed by atoms with Crippen LogP contribution in [0.25, 0.3) is 17.2 Å². The number of benzene rings is 3. The predicted octanol–water partition coefficient (Wildman–Crippen LogP) is 5.76. The monoisotopic (exact) mass is 485 g/mol. The molecule has 1 amide bonds. The van der Waals surface area contributed by atoms with E-state index < -0.39 is 0 Å². The number of methoxy groups -OCH3 is 4. The lowest BCUT2D eigenvalue weighted by Crippen LogP contribution is -2.22. The van der Waals surface area contributed by atoms with Crippen molar-refractivity contribution < 1.29 is 23.7 Å². The normalized spacial score (nSPS) is 13.4. The van der Waals surface area contributed by atoms with E-state index in [1.807, 2.05) is 60.7 Å². The fourth-order valence-corrected chi connectivity index (χ4v) is 4.49. The molecular formula is C30H31NO5. The van der Waals surface area contributed by atoms with Crippen LogP contribution in [0.15, 0.2) is 66.2 Å². The second-order valence-corrected chi connectivity index (χ2v) is 8.47. The van der Waals surface area contributed by atoms with Crippen molar-refractivity contribution in [2.24, 2.45) is 0 Å². The van der Waals surface area contributed by atoms with Crippen LogP contribution >= 0.6 is 0 Å². The summed E-state index contributed by atoms with van der Waals surface area (Å²) in [5.41, 5.74) is 7.07. The van der Waals surface area contributed by atoms with E-state index in [-0.39, 0.29) is 12.3 Å². The Hall–Kier alpha value is -4.19. The van der Waals surface area contributed by atoms with Gasteiger partial charge < -0.3 is 24.3 Å². The van der Waals surface area contributed by atoms with E-state index in [1.165, 1.54) is 0 Å². The molecule has 0 saturated heterocycles. The first kappa shape index (κ1) is 24.9. The lowest BCUT2D eigenvalue weighted by molar-refractivity contribution is -0.120. The molecule has 1 aliphatic rings. The van der Waals surface area contributed by atoms with Gasteiger partial charge in [0.25, 0.3) is 0 Å². The Bertz CT molecular complexity index is 1300. The Kier molecular flexibility index (Phi) is 7.64. The minimum atomic E-state index is -0.0315. The van der Waals surface area contributed by atoms with E-state index in [2.05, 4.69) is 18.3 Å². The van der Waals surface area contributed by atoms with Crippen LogP contribution in [-0.2, 0) is 11.3 Å². The Balaban J connectivity index is 1.71. The lowest BCUT2D eigenvalue weighted by Gasteiger charge is -2.13. The molecule has 0 spiro atoms. The van der Waals surface area contributed by atoms with Crippen molar-refractivity contribution in [2.75, 3.05) is 28.4 Å². The second-order valence-electron chi connectivity index (χ2n) is 8.47. The second kappa shape index (κ2) is 11.0. The number of fused-ring (bicyclic) bond motifs is 1. The van der Waals surface area contributed by atoms with E-state index in [9.17, 15) is 4.79 Å². The lowest BCUT2D eigenvalue weighted by atomic mass is 10.00. The van der Waals surface area contributed by atoms with Crippen LogP contribution in [-0.4, -0.2) is 34.3 Å². The number of amides is 1. The molecule has 6 heteroatoms. The van der Waals surface area contributed by atoms with Gasteiger partial charge >= 0.3 is 0 Å². The minimum absolute atomic E-state index is 0.0315. The molecule has 0 aliphatic heterocycles. The minimum Gasteiger partial charge on any atom is -0.497 e. The van der Waals surface area contributed by atoms with Gasteiger partial charge in [-0.3, -0.25) is 4.79 Å². The summed E-state index contributed by atoms with van der Waals surface area (Å²) in [7, 11) is 6.43. The highest BCUT2D eigenvalue weighted by Crippen LogP contribution is 2.46. The number of nitrogens with one attached hydrogen (secondary N) is 1. The number of carbonyl (C=O) groups is 1. The Morgan fingerprint density at radius 2 is 1.53 bits per heavy atom. The molecule has 186 valence electrons. The number of ether oxygens (including phenoxy) is 4. The maximum atomic E-state index is 12.9.